The molecule has 0 amide bonds. The Morgan fingerprint density at radius 1 is 1.05 bits per heavy atom. The zero-order chi connectivity index (χ0) is 15.0. The van der Waals surface area contributed by atoms with Gasteiger partial charge in [-0.3, -0.25) is 0 Å². The number of hydrogen-bond donors (Lipinski definition) is 2. The molecule has 2 heteroatoms. The van der Waals surface area contributed by atoms with Crippen LogP contribution in [-0.2, 0) is 11.8 Å². The molecule has 2 nitrogen and oxygen atoms in total. The normalized spacial score (nSPS) is 17.6. The average molecular weight is 281 g/mol. The van der Waals surface area contributed by atoms with Gasteiger partial charge >= 0.3 is 0 Å². The van der Waals surface area contributed by atoms with Gasteiger partial charge in [0.25, 0.3) is 0 Å². The Morgan fingerprint density at radius 2 is 1.76 bits per heavy atom. The Bertz CT molecular complexity index is 638. The average Bonchev–Trinajstić information content (AvgIpc) is 2.80. The number of rotatable bonds is 2. The third-order valence-electron chi connectivity index (χ3n) is 4.30. The van der Waals surface area contributed by atoms with Gasteiger partial charge in [0, 0.05) is 5.69 Å². The van der Waals surface area contributed by atoms with Crippen LogP contribution in [-0.4, -0.2) is 5.11 Å². The Labute approximate surface area is 126 Å². The number of fused-ring (bicyclic) bond motifs is 1. The lowest BCUT2D eigenvalue weighted by molar-refractivity contribution is 0.474. The SMILES string of the molecule is CC(C)(C)c1ccc(NC2CCc3cc(O)ccc32)cc1. The summed E-state index contributed by atoms with van der Waals surface area (Å²) in [6.07, 6.45) is 2.11. The van der Waals surface area contributed by atoms with Crippen LogP contribution < -0.4 is 5.32 Å². The summed E-state index contributed by atoms with van der Waals surface area (Å²) in [6.45, 7) is 6.69. The summed E-state index contributed by atoms with van der Waals surface area (Å²) >= 11 is 0. The van der Waals surface area contributed by atoms with Crippen molar-refractivity contribution in [2.24, 2.45) is 0 Å². The molecule has 1 unspecified atom stereocenters. The minimum Gasteiger partial charge on any atom is -0.508 e. The standard InChI is InChI=1S/C19H23NO/c1-19(2,3)14-5-7-15(8-6-14)20-18-11-4-13-12-16(21)9-10-17(13)18/h5-10,12,18,20-21H,4,11H2,1-3H3. The molecular formula is C19H23NO. The van der Waals surface area contributed by atoms with Crippen molar-refractivity contribution in [2.45, 2.75) is 45.1 Å². The van der Waals surface area contributed by atoms with E-state index in [1.165, 1.54) is 16.7 Å². The Hall–Kier alpha value is -1.96. The predicted molar refractivity (Wildman–Crippen MR) is 87.9 cm³/mol. The van der Waals surface area contributed by atoms with Crippen LogP contribution in [0.3, 0.4) is 0 Å². The Kier molecular flexibility index (Phi) is 3.40. The van der Waals surface area contributed by atoms with E-state index in [9.17, 15) is 5.11 Å². The summed E-state index contributed by atoms with van der Waals surface area (Å²) in [6, 6.07) is 14.8. The predicted octanol–water partition coefficient (Wildman–Crippen LogP) is 4.79. The number of aromatic hydroxyl groups is 1. The molecule has 0 aliphatic heterocycles. The molecule has 0 saturated heterocycles. The first kappa shape index (κ1) is 14.0. The van der Waals surface area contributed by atoms with E-state index in [0.29, 0.717) is 11.8 Å². The van der Waals surface area contributed by atoms with Crippen molar-refractivity contribution in [2.75, 3.05) is 5.32 Å². The van der Waals surface area contributed by atoms with Gasteiger partial charge in [0.05, 0.1) is 6.04 Å². The van der Waals surface area contributed by atoms with Gasteiger partial charge < -0.3 is 10.4 Å². The van der Waals surface area contributed by atoms with Crippen LogP contribution in [0.5, 0.6) is 5.75 Å². The fourth-order valence-electron chi connectivity index (χ4n) is 3.02. The molecule has 0 spiro atoms. The topological polar surface area (TPSA) is 32.3 Å². The van der Waals surface area contributed by atoms with Crippen molar-refractivity contribution in [1.82, 2.24) is 0 Å². The molecular weight excluding hydrogens is 258 g/mol. The largest absolute Gasteiger partial charge is 0.508 e. The molecule has 0 radical (unpaired) electrons. The number of hydrogen-bond acceptors (Lipinski definition) is 2. The van der Waals surface area contributed by atoms with Crippen molar-refractivity contribution in [3.05, 3.63) is 59.2 Å². The molecule has 0 heterocycles. The molecule has 0 aromatic heterocycles. The summed E-state index contributed by atoms with van der Waals surface area (Å²) in [5.74, 6) is 0.365. The number of phenolic OH excluding ortho intramolecular Hbond substituents is 1. The van der Waals surface area contributed by atoms with E-state index < -0.39 is 0 Å². The number of phenols is 1. The molecule has 0 fully saturated rings. The molecule has 2 aromatic rings. The lowest BCUT2D eigenvalue weighted by Crippen LogP contribution is -2.11. The second kappa shape index (κ2) is 5.10. The lowest BCUT2D eigenvalue weighted by Gasteiger charge is -2.20. The second-order valence-electron chi connectivity index (χ2n) is 6.95. The zero-order valence-electron chi connectivity index (χ0n) is 13.0. The van der Waals surface area contributed by atoms with Gasteiger partial charge in [-0.25, -0.2) is 0 Å². The fourth-order valence-corrected chi connectivity index (χ4v) is 3.02. The van der Waals surface area contributed by atoms with Gasteiger partial charge in [0.1, 0.15) is 5.75 Å². The van der Waals surface area contributed by atoms with E-state index in [0.717, 1.165) is 18.5 Å². The Balaban J connectivity index is 1.77. The molecule has 110 valence electrons. The monoisotopic (exact) mass is 281 g/mol. The maximum atomic E-state index is 9.56. The summed E-state index contributed by atoms with van der Waals surface area (Å²) in [5.41, 5.74) is 5.28. The fraction of sp³-hybridized carbons (Fsp3) is 0.368. The molecule has 1 atom stereocenters. The van der Waals surface area contributed by atoms with Crippen LogP contribution in [0.25, 0.3) is 0 Å². The summed E-state index contributed by atoms with van der Waals surface area (Å²) < 4.78 is 0. The minimum atomic E-state index is 0.190. The number of anilines is 1. The number of aryl methyl sites for hydroxylation is 1. The van der Waals surface area contributed by atoms with Gasteiger partial charge in [0.2, 0.25) is 0 Å². The maximum Gasteiger partial charge on any atom is 0.115 e. The molecule has 21 heavy (non-hydrogen) atoms. The van der Waals surface area contributed by atoms with Gasteiger partial charge in [0.15, 0.2) is 0 Å². The maximum absolute atomic E-state index is 9.56. The van der Waals surface area contributed by atoms with Gasteiger partial charge in [-0.2, -0.15) is 0 Å². The number of nitrogens with one attached hydrogen (secondary N) is 1. The molecule has 1 aliphatic rings. The van der Waals surface area contributed by atoms with Crippen LogP contribution >= 0.6 is 0 Å². The first-order valence-electron chi connectivity index (χ1n) is 7.62. The van der Waals surface area contributed by atoms with Crippen LogP contribution in [0.1, 0.15) is 49.9 Å². The van der Waals surface area contributed by atoms with Crippen LogP contribution in [0.2, 0.25) is 0 Å². The third kappa shape index (κ3) is 2.90. The van der Waals surface area contributed by atoms with Gasteiger partial charge in [-0.05, 0) is 59.2 Å². The molecule has 1 aliphatic carbocycles. The third-order valence-corrected chi connectivity index (χ3v) is 4.30. The van der Waals surface area contributed by atoms with E-state index in [1.54, 1.807) is 6.07 Å². The van der Waals surface area contributed by atoms with E-state index in [1.807, 2.05) is 12.1 Å². The quantitative estimate of drug-likeness (QED) is 0.829. The highest BCUT2D eigenvalue weighted by atomic mass is 16.3. The smallest absolute Gasteiger partial charge is 0.115 e. The summed E-state index contributed by atoms with van der Waals surface area (Å²) in [5, 5.41) is 13.2. The first-order valence-corrected chi connectivity index (χ1v) is 7.62. The summed E-state index contributed by atoms with van der Waals surface area (Å²) in [4.78, 5) is 0. The van der Waals surface area contributed by atoms with Crippen molar-refractivity contribution in [3.63, 3.8) is 0 Å². The highest BCUT2D eigenvalue weighted by molar-refractivity contribution is 5.50. The van der Waals surface area contributed by atoms with E-state index in [4.69, 9.17) is 0 Å². The first-order chi connectivity index (χ1) is 9.93. The lowest BCUT2D eigenvalue weighted by atomic mass is 9.87. The number of benzene rings is 2. The van der Waals surface area contributed by atoms with Crippen molar-refractivity contribution in [1.29, 1.82) is 0 Å². The van der Waals surface area contributed by atoms with Crippen molar-refractivity contribution in [3.8, 4) is 5.75 Å². The molecule has 2 N–H and O–H groups in total. The van der Waals surface area contributed by atoms with E-state index >= 15 is 0 Å². The highest BCUT2D eigenvalue weighted by Crippen LogP contribution is 2.35. The van der Waals surface area contributed by atoms with Crippen molar-refractivity contribution < 1.29 is 5.11 Å². The highest BCUT2D eigenvalue weighted by Gasteiger charge is 2.22. The van der Waals surface area contributed by atoms with Crippen LogP contribution in [0.15, 0.2) is 42.5 Å². The summed E-state index contributed by atoms with van der Waals surface area (Å²) in [7, 11) is 0. The molecule has 2 aromatic carbocycles. The second-order valence-corrected chi connectivity index (χ2v) is 6.95. The van der Waals surface area contributed by atoms with Gasteiger partial charge in [-0.15, -0.1) is 0 Å². The molecule has 0 bridgehead atoms. The van der Waals surface area contributed by atoms with Crippen molar-refractivity contribution >= 4 is 5.69 Å². The minimum absolute atomic E-state index is 0.190. The van der Waals surface area contributed by atoms with E-state index in [2.05, 4.69) is 50.4 Å². The molecule has 3 rings (SSSR count). The van der Waals surface area contributed by atoms with Crippen LogP contribution in [0, 0.1) is 0 Å². The van der Waals surface area contributed by atoms with Gasteiger partial charge in [-0.1, -0.05) is 39.0 Å². The Morgan fingerprint density at radius 3 is 2.43 bits per heavy atom. The zero-order valence-corrected chi connectivity index (χ0v) is 13.0. The molecule has 0 saturated carbocycles. The van der Waals surface area contributed by atoms with E-state index in [-0.39, 0.29) is 5.41 Å². The van der Waals surface area contributed by atoms with Crippen LogP contribution in [0.4, 0.5) is 5.69 Å².